The van der Waals surface area contributed by atoms with Crippen LogP contribution in [0.3, 0.4) is 0 Å². The van der Waals surface area contributed by atoms with Gasteiger partial charge in [0.2, 0.25) is 5.91 Å². The first-order valence-electron chi connectivity index (χ1n) is 8.07. The maximum absolute atomic E-state index is 12.6. The van der Waals surface area contributed by atoms with Gasteiger partial charge in [-0.15, -0.1) is 0 Å². The predicted octanol–water partition coefficient (Wildman–Crippen LogP) is 1.77. The number of carbonyl (C=O) groups is 2. The predicted molar refractivity (Wildman–Crippen MR) is 80.9 cm³/mol. The number of rotatable bonds is 6. The van der Waals surface area contributed by atoms with Gasteiger partial charge >= 0.3 is 5.97 Å². The fourth-order valence-electron chi connectivity index (χ4n) is 3.56. The highest BCUT2D eigenvalue weighted by atomic mass is 16.4. The van der Waals surface area contributed by atoms with E-state index in [2.05, 4.69) is 10.6 Å². The van der Waals surface area contributed by atoms with E-state index in [0.29, 0.717) is 12.5 Å². The molecule has 0 radical (unpaired) electrons. The van der Waals surface area contributed by atoms with Gasteiger partial charge in [-0.25, -0.2) is 0 Å². The van der Waals surface area contributed by atoms with Crippen LogP contribution in [0, 0.1) is 16.7 Å². The molecule has 2 fully saturated rings. The van der Waals surface area contributed by atoms with Gasteiger partial charge in [0, 0.05) is 12.0 Å². The number of nitrogens with one attached hydrogen (secondary N) is 2. The number of hydrogen-bond donors (Lipinski definition) is 3. The molecular formula is C16H28N2O3. The Kier molecular flexibility index (Phi) is 4.91. The van der Waals surface area contributed by atoms with E-state index in [-0.39, 0.29) is 17.7 Å². The first kappa shape index (κ1) is 16.3. The fraction of sp³-hybridized carbons (Fsp3) is 0.875. The molecule has 1 saturated heterocycles. The molecular weight excluding hydrogens is 268 g/mol. The minimum atomic E-state index is -0.764. The summed E-state index contributed by atoms with van der Waals surface area (Å²) in [6.45, 7) is 6.44. The summed E-state index contributed by atoms with van der Waals surface area (Å²) in [4.78, 5) is 23.5. The number of hydrogen-bond acceptors (Lipinski definition) is 3. The quantitative estimate of drug-likeness (QED) is 0.698. The molecule has 1 unspecified atom stereocenters. The smallest absolute Gasteiger partial charge is 0.303 e. The van der Waals surface area contributed by atoms with Crippen LogP contribution >= 0.6 is 0 Å². The number of amides is 1. The lowest BCUT2D eigenvalue weighted by atomic mass is 9.66. The molecule has 2 rings (SSSR count). The van der Waals surface area contributed by atoms with Gasteiger partial charge in [-0.3, -0.25) is 9.59 Å². The molecule has 3 N–H and O–H groups in total. The molecule has 0 spiro atoms. The van der Waals surface area contributed by atoms with Crippen molar-refractivity contribution in [2.75, 3.05) is 19.6 Å². The van der Waals surface area contributed by atoms with Crippen molar-refractivity contribution in [3.63, 3.8) is 0 Å². The Balaban J connectivity index is 1.89. The van der Waals surface area contributed by atoms with E-state index >= 15 is 0 Å². The zero-order chi connectivity index (χ0) is 15.5. The molecule has 5 heteroatoms. The van der Waals surface area contributed by atoms with Crippen molar-refractivity contribution in [3.05, 3.63) is 0 Å². The van der Waals surface area contributed by atoms with Crippen LogP contribution in [0.15, 0.2) is 0 Å². The standard InChI is InChI=1S/C16H28N2O3/c1-15(2,12-5-3-8-17-10-12)14(21)18-11-16(6-4-7-16)9-13(19)20/h12,17H,3-11H2,1-2H3,(H,18,21)(H,19,20). The monoisotopic (exact) mass is 296 g/mol. The molecule has 120 valence electrons. The molecule has 21 heavy (non-hydrogen) atoms. The van der Waals surface area contributed by atoms with Crippen LogP contribution in [0.2, 0.25) is 0 Å². The van der Waals surface area contributed by atoms with E-state index in [1.807, 2.05) is 13.8 Å². The second-order valence-corrected chi connectivity index (χ2v) is 7.37. The third kappa shape index (κ3) is 3.76. The third-order valence-electron chi connectivity index (χ3n) is 5.47. The van der Waals surface area contributed by atoms with Crippen LogP contribution in [0.1, 0.15) is 52.4 Å². The molecule has 5 nitrogen and oxygen atoms in total. The normalized spacial score (nSPS) is 25.0. The van der Waals surface area contributed by atoms with Gasteiger partial charge in [-0.05, 0) is 50.1 Å². The lowest BCUT2D eigenvalue weighted by Crippen LogP contribution is -2.51. The zero-order valence-corrected chi connectivity index (χ0v) is 13.2. The number of carboxylic acids is 1. The lowest BCUT2D eigenvalue weighted by Gasteiger charge is -2.42. The molecule has 1 heterocycles. The van der Waals surface area contributed by atoms with Gasteiger partial charge in [0.1, 0.15) is 0 Å². The molecule has 0 aromatic carbocycles. The summed E-state index contributed by atoms with van der Waals surface area (Å²) < 4.78 is 0. The highest BCUT2D eigenvalue weighted by Crippen LogP contribution is 2.43. The van der Waals surface area contributed by atoms with Crippen molar-refractivity contribution < 1.29 is 14.7 Å². The summed E-state index contributed by atoms with van der Waals surface area (Å²) in [5.41, 5.74) is -0.607. The maximum Gasteiger partial charge on any atom is 0.303 e. The van der Waals surface area contributed by atoms with Gasteiger partial charge in [0.05, 0.1) is 6.42 Å². The molecule has 2 aliphatic rings. The molecule has 0 aromatic heterocycles. The van der Waals surface area contributed by atoms with Crippen LogP contribution < -0.4 is 10.6 Å². The molecule has 1 atom stereocenters. The zero-order valence-electron chi connectivity index (χ0n) is 13.2. The molecule has 1 saturated carbocycles. The van der Waals surface area contributed by atoms with E-state index in [9.17, 15) is 9.59 Å². The van der Waals surface area contributed by atoms with Gasteiger partial charge in [0.15, 0.2) is 0 Å². The number of piperidine rings is 1. The van der Waals surface area contributed by atoms with Crippen molar-refractivity contribution in [2.45, 2.75) is 52.4 Å². The first-order chi connectivity index (χ1) is 9.86. The third-order valence-corrected chi connectivity index (χ3v) is 5.47. The Hall–Kier alpha value is -1.10. The SMILES string of the molecule is CC(C)(C(=O)NCC1(CC(=O)O)CCC1)C1CCCNC1. The van der Waals surface area contributed by atoms with Crippen molar-refractivity contribution in [1.29, 1.82) is 0 Å². The van der Waals surface area contributed by atoms with Gasteiger partial charge in [-0.1, -0.05) is 20.3 Å². The Bertz CT molecular complexity index is 396. The molecule has 1 amide bonds. The average Bonchev–Trinajstić information content (AvgIpc) is 2.41. The van der Waals surface area contributed by atoms with Crippen LogP contribution in [0.25, 0.3) is 0 Å². The highest BCUT2D eigenvalue weighted by Gasteiger charge is 2.42. The van der Waals surface area contributed by atoms with Crippen molar-refractivity contribution >= 4 is 11.9 Å². The van der Waals surface area contributed by atoms with Gasteiger partial charge in [-0.2, -0.15) is 0 Å². The molecule has 0 aromatic rings. The number of carbonyl (C=O) groups excluding carboxylic acids is 1. The van der Waals surface area contributed by atoms with Crippen LogP contribution in [0.4, 0.5) is 0 Å². The number of carboxylic acid groups (broad SMARTS) is 1. The van der Waals surface area contributed by atoms with Crippen LogP contribution in [-0.2, 0) is 9.59 Å². The minimum absolute atomic E-state index is 0.0628. The second-order valence-electron chi connectivity index (χ2n) is 7.37. The van der Waals surface area contributed by atoms with Gasteiger partial charge < -0.3 is 15.7 Å². The van der Waals surface area contributed by atoms with Gasteiger partial charge in [0.25, 0.3) is 0 Å². The van der Waals surface area contributed by atoms with E-state index in [1.54, 1.807) is 0 Å². The molecule has 0 bridgehead atoms. The summed E-state index contributed by atoms with van der Waals surface area (Å²) in [5.74, 6) is -0.351. The summed E-state index contributed by atoms with van der Waals surface area (Å²) in [6, 6.07) is 0. The first-order valence-corrected chi connectivity index (χ1v) is 8.07. The van der Waals surface area contributed by atoms with E-state index in [4.69, 9.17) is 5.11 Å². The Morgan fingerprint density at radius 2 is 2.05 bits per heavy atom. The molecule has 1 aliphatic carbocycles. The van der Waals surface area contributed by atoms with E-state index < -0.39 is 11.4 Å². The summed E-state index contributed by atoms with van der Waals surface area (Å²) in [5, 5.41) is 15.4. The summed E-state index contributed by atoms with van der Waals surface area (Å²) in [6.07, 6.45) is 5.24. The van der Waals surface area contributed by atoms with Crippen LogP contribution in [-0.4, -0.2) is 36.6 Å². The second kappa shape index (κ2) is 6.34. The average molecular weight is 296 g/mol. The van der Waals surface area contributed by atoms with Crippen molar-refractivity contribution in [3.8, 4) is 0 Å². The Morgan fingerprint density at radius 1 is 1.33 bits per heavy atom. The van der Waals surface area contributed by atoms with Crippen molar-refractivity contribution in [1.82, 2.24) is 10.6 Å². The Morgan fingerprint density at radius 3 is 2.52 bits per heavy atom. The largest absolute Gasteiger partial charge is 0.481 e. The summed E-state index contributed by atoms with van der Waals surface area (Å²) >= 11 is 0. The topological polar surface area (TPSA) is 78.4 Å². The lowest BCUT2D eigenvalue weighted by molar-refractivity contribution is -0.142. The Labute approximate surface area is 126 Å². The number of aliphatic carboxylic acids is 1. The highest BCUT2D eigenvalue weighted by molar-refractivity contribution is 5.82. The van der Waals surface area contributed by atoms with Crippen LogP contribution in [0.5, 0.6) is 0 Å². The summed E-state index contributed by atoms with van der Waals surface area (Å²) in [7, 11) is 0. The molecule has 1 aliphatic heterocycles. The van der Waals surface area contributed by atoms with E-state index in [1.165, 1.54) is 0 Å². The maximum atomic E-state index is 12.6. The fourth-order valence-corrected chi connectivity index (χ4v) is 3.56. The van der Waals surface area contributed by atoms with E-state index in [0.717, 1.165) is 45.2 Å². The minimum Gasteiger partial charge on any atom is -0.481 e. The van der Waals surface area contributed by atoms with Crippen molar-refractivity contribution in [2.24, 2.45) is 16.7 Å².